The van der Waals surface area contributed by atoms with Gasteiger partial charge in [0.1, 0.15) is 6.10 Å². The van der Waals surface area contributed by atoms with Crippen LogP contribution in [-0.2, 0) is 28.9 Å². The number of hydrogen-bond acceptors (Lipinski definition) is 3. The summed E-state index contributed by atoms with van der Waals surface area (Å²) in [5.74, 6) is -0.00389. The van der Waals surface area contributed by atoms with Crippen molar-refractivity contribution < 1.29 is 9.53 Å². The van der Waals surface area contributed by atoms with Gasteiger partial charge >= 0.3 is 0 Å². The second-order valence-electron chi connectivity index (χ2n) is 7.95. The van der Waals surface area contributed by atoms with E-state index >= 15 is 0 Å². The zero-order chi connectivity index (χ0) is 21.0. The lowest BCUT2D eigenvalue weighted by atomic mass is 10.0. The average molecular weight is 412 g/mol. The molecule has 0 saturated carbocycles. The van der Waals surface area contributed by atoms with Gasteiger partial charge in [-0.25, -0.2) is 0 Å². The highest BCUT2D eigenvalue weighted by Gasteiger charge is 2.25. The number of amides is 1. The zero-order valence-electron chi connectivity index (χ0n) is 17.3. The molecule has 1 N–H and O–H groups in total. The number of ether oxygens (including phenoxy) is 1. The van der Waals surface area contributed by atoms with Crippen molar-refractivity contribution in [1.29, 1.82) is 0 Å². The number of carbonyl (C=O) groups excluding carboxylic acids is 1. The largest absolute Gasteiger partial charge is 0.370 e. The number of rotatable bonds is 6. The van der Waals surface area contributed by atoms with E-state index in [4.69, 9.17) is 9.84 Å². The third-order valence-electron chi connectivity index (χ3n) is 5.77. The summed E-state index contributed by atoms with van der Waals surface area (Å²) >= 11 is 0. The highest BCUT2D eigenvalue weighted by Crippen LogP contribution is 2.26. The molecule has 5 heteroatoms. The monoisotopic (exact) mass is 411 g/mol. The number of nitrogens with one attached hydrogen (secondary N) is 1. The van der Waals surface area contributed by atoms with Crippen LogP contribution in [0.5, 0.6) is 0 Å². The van der Waals surface area contributed by atoms with Crippen molar-refractivity contribution >= 4 is 16.7 Å². The van der Waals surface area contributed by atoms with Gasteiger partial charge in [-0.05, 0) is 33.9 Å². The van der Waals surface area contributed by atoms with E-state index < -0.39 is 0 Å². The molecule has 2 heterocycles. The van der Waals surface area contributed by atoms with Crippen LogP contribution in [0, 0.1) is 0 Å². The predicted molar refractivity (Wildman–Crippen MR) is 121 cm³/mol. The van der Waals surface area contributed by atoms with Crippen LogP contribution in [0.25, 0.3) is 10.8 Å². The lowest BCUT2D eigenvalue weighted by Crippen LogP contribution is -2.32. The highest BCUT2D eigenvalue weighted by atomic mass is 16.5. The fourth-order valence-corrected chi connectivity index (χ4v) is 4.23. The summed E-state index contributed by atoms with van der Waals surface area (Å²) in [6.07, 6.45) is 3.10. The molecule has 5 rings (SSSR count). The minimum atomic E-state index is -0.211. The van der Waals surface area contributed by atoms with Crippen LogP contribution >= 0.6 is 0 Å². The van der Waals surface area contributed by atoms with Gasteiger partial charge in [0.05, 0.1) is 25.3 Å². The topological polar surface area (TPSA) is 56.1 Å². The van der Waals surface area contributed by atoms with Crippen LogP contribution in [0.15, 0.2) is 79.0 Å². The number of carbonyl (C=O) groups is 1. The minimum Gasteiger partial charge on any atom is -0.370 e. The number of fused-ring (bicyclic) bond motifs is 2. The molecule has 1 aliphatic rings. The number of aromatic nitrogens is 2. The van der Waals surface area contributed by atoms with E-state index in [-0.39, 0.29) is 12.0 Å². The molecule has 0 saturated heterocycles. The normalized spacial score (nSPS) is 15.5. The van der Waals surface area contributed by atoms with E-state index in [1.54, 1.807) is 0 Å². The molecule has 1 aromatic heterocycles. The highest BCUT2D eigenvalue weighted by molar-refractivity contribution is 5.90. The number of nitrogens with zero attached hydrogens (tertiary/aromatic N) is 2. The second-order valence-corrected chi connectivity index (χ2v) is 7.95. The van der Waals surface area contributed by atoms with Gasteiger partial charge in [0.2, 0.25) is 5.91 Å². The Hall–Kier alpha value is -3.44. The summed E-state index contributed by atoms with van der Waals surface area (Å²) < 4.78 is 7.92. The van der Waals surface area contributed by atoms with Crippen LogP contribution < -0.4 is 5.32 Å². The van der Waals surface area contributed by atoms with E-state index in [0.29, 0.717) is 19.6 Å². The van der Waals surface area contributed by atoms with Crippen LogP contribution in [0.1, 0.15) is 28.5 Å². The Bertz CT molecular complexity index is 1190. The molecule has 1 atom stereocenters. The van der Waals surface area contributed by atoms with Gasteiger partial charge in [-0.15, -0.1) is 0 Å². The smallest absolute Gasteiger partial charge is 0.224 e. The van der Waals surface area contributed by atoms with Crippen LogP contribution in [0.3, 0.4) is 0 Å². The molecule has 5 nitrogen and oxygen atoms in total. The fraction of sp³-hybridized carbons (Fsp3) is 0.231. The maximum atomic E-state index is 12.7. The number of hydrogen-bond donors (Lipinski definition) is 1. The summed E-state index contributed by atoms with van der Waals surface area (Å²) in [4.78, 5) is 12.7. The van der Waals surface area contributed by atoms with Gasteiger partial charge in [-0.3, -0.25) is 9.48 Å². The van der Waals surface area contributed by atoms with E-state index in [2.05, 4.69) is 41.8 Å². The predicted octanol–water partition coefficient (Wildman–Crippen LogP) is 4.06. The molecule has 0 radical (unpaired) electrons. The van der Waals surface area contributed by atoms with E-state index in [1.807, 2.05) is 47.1 Å². The summed E-state index contributed by atoms with van der Waals surface area (Å²) in [6, 6.07) is 24.5. The molecular formula is C26H25N3O2. The summed E-state index contributed by atoms with van der Waals surface area (Å²) in [6.45, 7) is 1.81. The molecule has 0 fully saturated rings. The Morgan fingerprint density at radius 2 is 1.84 bits per heavy atom. The van der Waals surface area contributed by atoms with Gasteiger partial charge in [-0.1, -0.05) is 72.8 Å². The van der Waals surface area contributed by atoms with Crippen molar-refractivity contribution in [1.82, 2.24) is 15.1 Å². The van der Waals surface area contributed by atoms with Crippen molar-refractivity contribution in [3.63, 3.8) is 0 Å². The lowest BCUT2D eigenvalue weighted by molar-refractivity contribution is -0.121. The molecule has 0 bridgehead atoms. The first-order chi connectivity index (χ1) is 15.3. The van der Waals surface area contributed by atoms with Crippen molar-refractivity contribution in [3.05, 3.63) is 101 Å². The van der Waals surface area contributed by atoms with Gasteiger partial charge in [0.25, 0.3) is 0 Å². The van der Waals surface area contributed by atoms with Crippen molar-refractivity contribution in [2.45, 2.75) is 25.5 Å². The molecule has 0 aliphatic carbocycles. The van der Waals surface area contributed by atoms with E-state index in [0.717, 1.165) is 35.0 Å². The van der Waals surface area contributed by atoms with Gasteiger partial charge in [0, 0.05) is 12.7 Å². The average Bonchev–Trinajstić information content (AvgIpc) is 3.21. The van der Waals surface area contributed by atoms with Crippen LogP contribution in [-0.4, -0.2) is 28.8 Å². The molecule has 1 aliphatic heterocycles. The van der Waals surface area contributed by atoms with Crippen molar-refractivity contribution in [3.8, 4) is 0 Å². The standard InChI is InChI=1S/C26H25N3O2/c30-25(15-21-11-6-10-20-9-4-5-12-23(20)21)27-16-24-26-22(13-14-31-24)18-29(28-26)17-19-7-2-1-3-8-19/h1-12,18,24H,13-17H2,(H,27,30)/t24-/m1/s1. The Morgan fingerprint density at radius 3 is 2.74 bits per heavy atom. The summed E-state index contributed by atoms with van der Waals surface area (Å²) in [5.41, 5.74) is 4.39. The Balaban J connectivity index is 1.24. The summed E-state index contributed by atoms with van der Waals surface area (Å²) in [7, 11) is 0. The molecule has 1 amide bonds. The minimum absolute atomic E-state index is 0.00389. The Labute approximate surface area is 181 Å². The molecule has 4 aromatic rings. The van der Waals surface area contributed by atoms with Crippen LogP contribution in [0.2, 0.25) is 0 Å². The molecule has 3 aromatic carbocycles. The second kappa shape index (κ2) is 8.74. The van der Waals surface area contributed by atoms with Crippen molar-refractivity contribution in [2.24, 2.45) is 0 Å². The first-order valence-corrected chi connectivity index (χ1v) is 10.7. The zero-order valence-corrected chi connectivity index (χ0v) is 17.3. The van der Waals surface area contributed by atoms with E-state index in [9.17, 15) is 4.79 Å². The molecule has 156 valence electrons. The third-order valence-corrected chi connectivity index (χ3v) is 5.77. The fourth-order valence-electron chi connectivity index (χ4n) is 4.23. The molecular weight excluding hydrogens is 386 g/mol. The number of benzene rings is 3. The van der Waals surface area contributed by atoms with Crippen molar-refractivity contribution in [2.75, 3.05) is 13.2 Å². The van der Waals surface area contributed by atoms with Gasteiger partial charge in [-0.2, -0.15) is 5.10 Å². The van der Waals surface area contributed by atoms with Crippen LogP contribution in [0.4, 0.5) is 0 Å². The summed E-state index contributed by atoms with van der Waals surface area (Å²) in [5, 5.41) is 10.1. The maximum absolute atomic E-state index is 12.7. The molecule has 0 spiro atoms. The van der Waals surface area contributed by atoms with Gasteiger partial charge in [0.15, 0.2) is 0 Å². The third kappa shape index (κ3) is 4.37. The maximum Gasteiger partial charge on any atom is 0.224 e. The molecule has 31 heavy (non-hydrogen) atoms. The van der Waals surface area contributed by atoms with Gasteiger partial charge < -0.3 is 10.1 Å². The first-order valence-electron chi connectivity index (χ1n) is 10.7. The SMILES string of the molecule is O=C(Cc1cccc2ccccc12)NC[C@H]1OCCc2cn(Cc3ccccc3)nc21. The molecule has 0 unspecified atom stereocenters. The quantitative estimate of drug-likeness (QED) is 0.521. The Morgan fingerprint density at radius 1 is 1.03 bits per heavy atom. The first kappa shape index (κ1) is 19.5. The lowest BCUT2D eigenvalue weighted by Gasteiger charge is -2.22. The Kier molecular flexibility index (Phi) is 5.50. The van der Waals surface area contributed by atoms with E-state index in [1.165, 1.54) is 11.1 Å².